The van der Waals surface area contributed by atoms with E-state index in [0.717, 1.165) is 42.5 Å². The SMILES string of the molecule is CCCCOc1cccc(C(=O)Nc2sc3c(c2C(=O)NC(=O)N(C)C)CCC3)c1. The summed E-state index contributed by atoms with van der Waals surface area (Å²) >= 11 is 1.41. The number of benzene rings is 1. The van der Waals surface area contributed by atoms with Crippen molar-refractivity contribution in [2.75, 3.05) is 26.0 Å². The smallest absolute Gasteiger partial charge is 0.323 e. The molecule has 8 heteroatoms. The number of hydrogen-bond donors (Lipinski definition) is 2. The van der Waals surface area contributed by atoms with Crippen LogP contribution in [-0.2, 0) is 12.8 Å². The third kappa shape index (κ3) is 4.99. The number of carbonyl (C=O) groups is 3. The summed E-state index contributed by atoms with van der Waals surface area (Å²) in [7, 11) is 3.14. The van der Waals surface area contributed by atoms with Crippen molar-refractivity contribution in [1.82, 2.24) is 10.2 Å². The maximum absolute atomic E-state index is 12.9. The lowest BCUT2D eigenvalue weighted by Crippen LogP contribution is -2.39. The topological polar surface area (TPSA) is 87.7 Å². The molecule has 1 aliphatic rings. The molecule has 1 aromatic carbocycles. The number of fused-ring (bicyclic) bond motifs is 1. The van der Waals surface area contributed by atoms with E-state index in [0.29, 0.717) is 28.5 Å². The quantitative estimate of drug-likeness (QED) is 0.649. The molecule has 1 heterocycles. The molecule has 30 heavy (non-hydrogen) atoms. The third-order valence-electron chi connectivity index (χ3n) is 4.86. The van der Waals surface area contributed by atoms with Gasteiger partial charge in [-0.25, -0.2) is 4.79 Å². The third-order valence-corrected chi connectivity index (χ3v) is 6.07. The summed E-state index contributed by atoms with van der Waals surface area (Å²) in [5.41, 5.74) is 1.77. The highest BCUT2D eigenvalue weighted by Gasteiger charge is 2.28. The summed E-state index contributed by atoms with van der Waals surface area (Å²) in [6.45, 7) is 2.69. The molecule has 7 nitrogen and oxygen atoms in total. The van der Waals surface area contributed by atoms with Crippen LogP contribution < -0.4 is 15.4 Å². The number of rotatable bonds is 7. The zero-order valence-electron chi connectivity index (χ0n) is 17.5. The number of carbonyl (C=O) groups excluding carboxylic acids is 3. The van der Waals surface area contributed by atoms with E-state index in [4.69, 9.17) is 4.74 Å². The van der Waals surface area contributed by atoms with Crippen molar-refractivity contribution < 1.29 is 19.1 Å². The first kappa shape index (κ1) is 21.8. The van der Waals surface area contributed by atoms with E-state index < -0.39 is 11.9 Å². The van der Waals surface area contributed by atoms with Crippen LogP contribution in [0.2, 0.25) is 0 Å². The Balaban J connectivity index is 1.80. The number of ether oxygens (including phenoxy) is 1. The van der Waals surface area contributed by atoms with Crippen LogP contribution in [-0.4, -0.2) is 43.4 Å². The van der Waals surface area contributed by atoms with Gasteiger partial charge < -0.3 is 15.0 Å². The molecule has 0 spiro atoms. The Hall–Kier alpha value is -2.87. The van der Waals surface area contributed by atoms with E-state index in [-0.39, 0.29) is 5.91 Å². The molecular weight excluding hydrogens is 402 g/mol. The fourth-order valence-electron chi connectivity index (χ4n) is 3.24. The van der Waals surface area contributed by atoms with E-state index in [1.165, 1.54) is 16.2 Å². The maximum atomic E-state index is 12.9. The Bertz CT molecular complexity index is 952. The highest BCUT2D eigenvalue weighted by molar-refractivity contribution is 7.17. The molecule has 0 saturated heterocycles. The minimum absolute atomic E-state index is 0.316. The van der Waals surface area contributed by atoms with Crippen LogP contribution in [0.25, 0.3) is 0 Å². The Morgan fingerprint density at radius 1 is 1.17 bits per heavy atom. The highest BCUT2D eigenvalue weighted by atomic mass is 32.1. The first-order valence-electron chi connectivity index (χ1n) is 10.1. The number of urea groups is 1. The monoisotopic (exact) mass is 429 g/mol. The average Bonchev–Trinajstić information content (AvgIpc) is 3.29. The molecule has 4 amide bonds. The zero-order chi connectivity index (χ0) is 21.7. The standard InChI is InChI=1S/C22H27N3O4S/c1-4-5-12-29-15-9-6-8-14(13-15)19(26)23-21-18(16-10-7-11-17(16)30-21)20(27)24-22(28)25(2)3/h6,8-9,13H,4-5,7,10-12H2,1-3H3,(H,23,26)(H,24,27,28). The normalized spacial score (nSPS) is 12.2. The summed E-state index contributed by atoms with van der Waals surface area (Å²) in [6, 6.07) is 6.50. The van der Waals surface area contributed by atoms with E-state index in [9.17, 15) is 14.4 Å². The van der Waals surface area contributed by atoms with Crippen molar-refractivity contribution in [2.45, 2.75) is 39.0 Å². The van der Waals surface area contributed by atoms with E-state index in [1.807, 2.05) is 6.07 Å². The zero-order valence-corrected chi connectivity index (χ0v) is 18.4. The highest BCUT2D eigenvalue weighted by Crippen LogP contribution is 2.39. The van der Waals surface area contributed by atoms with E-state index in [1.54, 1.807) is 32.3 Å². The van der Waals surface area contributed by atoms with Crippen LogP contribution in [0.15, 0.2) is 24.3 Å². The van der Waals surface area contributed by atoms with Gasteiger partial charge in [0, 0.05) is 24.5 Å². The van der Waals surface area contributed by atoms with Gasteiger partial charge in [0.25, 0.3) is 11.8 Å². The van der Waals surface area contributed by atoms with Crippen molar-refractivity contribution in [2.24, 2.45) is 0 Å². The summed E-state index contributed by atoms with van der Waals surface area (Å²) < 4.78 is 5.68. The van der Waals surface area contributed by atoms with Crippen LogP contribution >= 0.6 is 11.3 Å². The molecule has 0 aliphatic heterocycles. The summed E-state index contributed by atoms with van der Waals surface area (Å²) in [6.07, 6.45) is 4.58. The van der Waals surface area contributed by atoms with Gasteiger partial charge in [0.1, 0.15) is 10.8 Å². The lowest BCUT2D eigenvalue weighted by Gasteiger charge is -2.13. The average molecular weight is 430 g/mol. The van der Waals surface area contributed by atoms with Crippen molar-refractivity contribution in [1.29, 1.82) is 0 Å². The molecule has 1 aromatic heterocycles. The fraction of sp³-hybridized carbons (Fsp3) is 0.409. The number of aryl methyl sites for hydroxylation is 1. The van der Waals surface area contributed by atoms with Crippen molar-refractivity contribution in [3.05, 3.63) is 45.8 Å². The number of nitrogens with zero attached hydrogens (tertiary/aromatic N) is 1. The lowest BCUT2D eigenvalue weighted by atomic mass is 10.1. The van der Waals surface area contributed by atoms with E-state index in [2.05, 4.69) is 17.6 Å². The number of hydrogen-bond acceptors (Lipinski definition) is 5. The molecule has 0 atom stereocenters. The number of anilines is 1. The molecule has 160 valence electrons. The minimum Gasteiger partial charge on any atom is -0.494 e. The molecule has 0 fully saturated rings. The molecule has 1 aliphatic carbocycles. The first-order valence-corrected chi connectivity index (χ1v) is 10.9. The van der Waals surface area contributed by atoms with Gasteiger partial charge in [-0.3, -0.25) is 14.9 Å². The largest absolute Gasteiger partial charge is 0.494 e. The molecule has 2 aromatic rings. The molecule has 0 bridgehead atoms. The molecule has 0 radical (unpaired) electrons. The summed E-state index contributed by atoms with van der Waals surface area (Å²) in [5, 5.41) is 5.74. The second-order valence-corrected chi connectivity index (χ2v) is 8.50. The van der Waals surface area contributed by atoms with Gasteiger partial charge in [0.15, 0.2) is 0 Å². The first-order chi connectivity index (χ1) is 14.4. The number of unbranched alkanes of at least 4 members (excludes halogenated alkanes) is 1. The van der Waals surface area contributed by atoms with Gasteiger partial charge >= 0.3 is 6.03 Å². The van der Waals surface area contributed by atoms with Gasteiger partial charge in [-0.2, -0.15) is 0 Å². The molecule has 0 saturated carbocycles. The predicted octanol–water partition coefficient (Wildman–Crippen LogP) is 4.08. The summed E-state index contributed by atoms with van der Waals surface area (Å²) in [4.78, 5) is 40.0. The molecule has 0 unspecified atom stereocenters. The van der Waals surface area contributed by atoms with Gasteiger partial charge in [0.2, 0.25) is 0 Å². The Kier molecular flexibility index (Phi) is 7.10. The number of amides is 4. The Labute approximate surface area is 180 Å². The van der Waals surface area contributed by atoms with Crippen molar-refractivity contribution in [3.63, 3.8) is 0 Å². The van der Waals surface area contributed by atoms with Crippen LogP contribution in [0.1, 0.15) is 57.3 Å². The summed E-state index contributed by atoms with van der Waals surface area (Å²) in [5.74, 6) is -0.164. The number of imide groups is 1. The van der Waals surface area contributed by atoms with Gasteiger partial charge in [-0.15, -0.1) is 11.3 Å². The Morgan fingerprint density at radius 2 is 1.97 bits per heavy atom. The number of nitrogens with one attached hydrogen (secondary N) is 2. The second kappa shape index (κ2) is 9.75. The van der Waals surface area contributed by atoms with Crippen LogP contribution in [0.3, 0.4) is 0 Å². The van der Waals surface area contributed by atoms with Gasteiger partial charge in [-0.05, 0) is 49.4 Å². The van der Waals surface area contributed by atoms with Crippen LogP contribution in [0.5, 0.6) is 5.75 Å². The molecule has 3 rings (SSSR count). The van der Waals surface area contributed by atoms with Crippen LogP contribution in [0.4, 0.5) is 9.80 Å². The van der Waals surface area contributed by atoms with Crippen LogP contribution in [0, 0.1) is 0 Å². The fourth-order valence-corrected chi connectivity index (χ4v) is 4.52. The maximum Gasteiger partial charge on any atom is 0.323 e. The lowest BCUT2D eigenvalue weighted by molar-refractivity contribution is 0.0957. The van der Waals surface area contributed by atoms with Crippen molar-refractivity contribution in [3.8, 4) is 5.75 Å². The second-order valence-electron chi connectivity index (χ2n) is 7.40. The molecule has 2 N–H and O–H groups in total. The van der Waals surface area contributed by atoms with Gasteiger partial charge in [0.05, 0.1) is 12.2 Å². The predicted molar refractivity (Wildman–Crippen MR) is 118 cm³/mol. The molecular formula is C22H27N3O4S. The number of thiophene rings is 1. The van der Waals surface area contributed by atoms with E-state index >= 15 is 0 Å². The van der Waals surface area contributed by atoms with Gasteiger partial charge in [-0.1, -0.05) is 19.4 Å². The van der Waals surface area contributed by atoms with Crippen molar-refractivity contribution >= 4 is 34.2 Å². The Morgan fingerprint density at radius 3 is 2.70 bits per heavy atom. The minimum atomic E-state index is -0.493.